The molecule has 0 aliphatic carbocycles. The van der Waals surface area contributed by atoms with Crippen LogP contribution in [0.2, 0.25) is 0 Å². The first kappa shape index (κ1) is 18.2. The Balaban J connectivity index is 1.57. The number of ketones is 1. The van der Waals surface area contributed by atoms with Gasteiger partial charge in [0.1, 0.15) is 5.76 Å². The standard InChI is InChI=1S/C20H24N2O4/c1-14-12-18(26-19(14)20(24)25-3)13-21-8-10-22(11-9-21)17-6-4-16(5-7-17)15(2)23/h4-7,12H,8-11,13H2,1-3H3. The Morgan fingerprint density at radius 2 is 1.77 bits per heavy atom. The largest absolute Gasteiger partial charge is 0.463 e. The highest BCUT2D eigenvalue weighted by Gasteiger charge is 2.21. The second-order valence-corrected chi connectivity index (χ2v) is 6.58. The van der Waals surface area contributed by atoms with Gasteiger partial charge in [-0.05, 0) is 44.2 Å². The van der Waals surface area contributed by atoms with Crippen molar-refractivity contribution < 1.29 is 18.7 Å². The summed E-state index contributed by atoms with van der Waals surface area (Å²) in [4.78, 5) is 27.6. The van der Waals surface area contributed by atoms with E-state index in [9.17, 15) is 9.59 Å². The quantitative estimate of drug-likeness (QED) is 0.606. The van der Waals surface area contributed by atoms with Gasteiger partial charge in [0.2, 0.25) is 5.76 Å². The first-order chi connectivity index (χ1) is 12.5. The maximum absolute atomic E-state index is 11.6. The number of benzene rings is 1. The Hall–Kier alpha value is -2.60. The first-order valence-corrected chi connectivity index (χ1v) is 8.74. The molecule has 1 aliphatic rings. The number of nitrogens with zero attached hydrogens (tertiary/aromatic N) is 2. The lowest BCUT2D eigenvalue weighted by atomic mass is 10.1. The van der Waals surface area contributed by atoms with Crippen LogP contribution in [-0.4, -0.2) is 49.9 Å². The van der Waals surface area contributed by atoms with Gasteiger partial charge in [-0.15, -0.1) is 0 Å². The highest BCUT2D eigenvalue weighted by atomic mass is 16.5. The van der Waals surface area contributed by atoms with E-state index in [1.54, 1.807) is 6.92 Å². The average Bonchev–Trinajstić information content (AvgIpc) is 3.02. The van der Waals surface area contributed by atoms with Crippen molar-refractivity contribution in [3.05, 3.63) is 53.0 Å². The van der Waals surface area contributed by atoms with E-state index in [2.05, 4.69) is 9.80 Å². The molecule has 1 aromatic heterocycles. The number of ether oxygens (including phenoxy) is 1. The molecule has 6 heteroatoms. The monoisotopic (exact) mass is 356 g/mol. The van der Waals surface area contributed by atoms with E-state index in [0.29, 0.717) is 6.54 Å². The van der Waals surface area contributed by atoms with Crippen molar-refractivity contribution in [1.82, 2.24) is 4.90 Å². The summed E-state index contributed by atoms with van der Waals surface area (Å²) in [5, 5.41) is 0. The van der Waals surface area contributed by atoms with Crippen molar-refractivity contribution >= 4 is 17.4 Å². The number of methoxy groups -OCH3 is 1. The van der Waals surface area contributed by atoms with Crippen LogP contribution in [0, 0.1) is 6.92 Å². The van der Waals surface area contributed by atoms with Crippen molar-refractivity contribution in [3.63, 3.8) is 0 Å². The third kappa shape index (κ3) is 3.96. The Labute approximate surface area is 153 Å². The maximum Gasteiger partial charge on any atom is 0.374 e. The number of esters is 1. The van der Waals surface area contributed by atoms with Crippen LogP contribution in [0.5, 0.6) is 0 Å². The number of rotatable bonds is 5. The number of hydrogen-bond acceptors (Lipinski definition) is 6. The van der Waals surface area contributed by atoms with Crippen LogP contribution < -0.4 is 4.90 Å². The number of hydrogen-bond donors (Lipinski definition) is 0. The summed E-state index contributed by atoms with van der Waals surface area (Å²) in [5.74, 6) is 0.711. The molecule has 1 saturated heterocycles. The lowest BCUT2D eigenvalue weighted by Gasteiger charge is -2.35. The molecule has 26 heavy (non-hydrogen) atoms. The van der Waals surface area contributed by atoms with Crippen molar-refractivity contribution in [2.24, 2.45) is 0 Å². The van der Waals surface area contributed by atoms with Gasteiger partial charge in [0.25, 0.3) is 0 Å². The zero-order valence-corrected chi connectivity index (χ0v) is 15.4. The van der Waals surface area contributed by atoms with Crippen LogP contribution in [0.4, 0.5) is 5.69 Å². The van der Waals surface area contributed by atoms with E-state index in [-0.39, 0.29) is 11.5 Å². The van der Waals surface area contributed by atoms with Crippen molar-refractivity contribution in [1.29, 1.82) is 0 Å². The summed E-state index contributed by atoms with van der Waals surface area (Å²) in [6.07, 6.45) is 0. The van der Waals surface area contributed by atoms with Gasteiger partial charge in [-0.1, -0.05) is 0 Å². The second kappa shape index (κ2) is 7.74. The predicted octanol–water partition coefficient (Wildman–Crippen LogP) is 2.90. The van der Waals surface area contributed by atoms with Crippen LogP contribution >= 0.6 is 0 Å². The van der Waals surface area contributed by atoms with E-state index in [1.807, 2.05) is 37.3 Å². The molecule has 0 N–H and O–H groups in total. The maximum atomic E-state index is 11.6. The average molecular weight is 356 g/mol. The number of aryl methyl sites for hydroxylation is 1. The normalized spacial score (nSPS) is 15.1. The van der Waals surface area contributed by atoms with E-state index in [4.69, 9.17) is 9.15 Å². The molecule has 0 spiro atoms. The smallest absolute Gasteiger partial charge is 0.374 e. The van der Waals surface area contributed by atoms with Gasteiger partial charge < -0.3 is 14.1 Å². The molecule has 0 saturated carbocycles. The highest BCUT2D eigenvalue weighted by Crippen LogP contribution is 2.21. The van der Waals surface area contributed by atoms with Gasteiger partial charge in [0.05, 0.1) is 13.7 Å². The summed E-state index contributed by atoms with van der Waals surface area (Å²) < 4.78 is 10.4. The van der Waals surface area contributed by atoms with E-state index < -0.39 is 5.97 Å². The van der Waals surface area contributed by atoms with Gasteiger partial charge in [-0.25, -0.2) is 4.79 Å². The summed E-state index contributed by atoms with van der Waals surface area (Å²) in [7, 11) is 1.35. The number of anilines is 1. The fourth-order valence-electron chi connectivity index (χ4n) is 3.21. The Kier molecular flexibility index (Phi) is 5.42. The molecule has 0 amide bonds. The van der Waals surface area contributed by atoms with Crippen LogP contribution in [0.25, 0.3) is 0 Å². The number of piperazine rings is 1. The van der Waals surface area contributed by atoms with Gasteiger partial charge in [-0.2, -0.15) is 0 Å². The minimum absolute atomic E-state index is 0.0847. The zero-order chi connectivity index (χ0) is 18.7. The fourth-order valence-corrected chi connectivity index (χ4v) is 3.21. The van der Waals surface area contributed by atoms with Gasteiger partial charge in [0, 0.05) is 43.0 Å². The van der Waals surface area contributed by atoms with Crippen LogP contribution in [0.15, 0.2) is 34.7 Å². The molecule has 6 nitrogen and oxygen atoms in total. The van der Waals surface area contributed by atoms with Crippen molar-refractivity contribution in [3.8, 4) is 0 Å². The minimum atomic E-state index is -0.437. The topological polar surface area (TPSA) is 63.0 Å². The molecule has 1 aliphatic heterocycles. The van der Waals surface area contributed by atoms with Crippen molar-refractivity contribution in [2.45, 2.75) is 20.4 Å². The number of furan rings is 1. The first-order valence-electron chi connectivity index (χ1n) is 8.74. The summed E-state index contributed by atoms with van der Waals surface area (Å²) >= 11 is 0. The summed E-state index contributed by atoms with van der Waals surface area (Å²) in [5.41, 5.74) is 2.68. The molecule has 138 valence electrons. The number of Topliss-reactive ketones (excluding diaryl/α,β-unsaturated/α-hetero) is 1. The molecule has 0 bridgehead atoms. The van der Waals surface area contributed by atoms with E-state index in [1.165, 1.54) is 7.11 Å². The Morgan fingerprint density at radius 3 is 2.35 bits per heavy atom. The zero-order valence-electron chi connectivity index (χ0n) is 15.4. The molecule has 0 atom stereocenters. The van der Waals surface area contributed by atoms with Gasteiger partial charge in [0.15, 0.2) is 5.78 Å². The van der Waals surface area contributed by atoms with Crippen LogP contribution in [0.3, 0.4) is 0 Å². The summed E-state index contributed by atoms with van der Waals surface area (Å²) in [6.45, 7) is 7.72. The lowest BCUT2D eigenvalue weighted by Crippen LogP contribution is -2.45. The van der Waals surface area contributed by atoms with Crippen LogP contribution in [0.1, 0.15) is 39.2 Å². The SMILES string of the molecule is COC(=O)c1oc(CN2CCN(c3ccc(C(C)=O)cc3)CC2)cc1C. The fraction of sp³-hybridized carbons (Fsp3) is 0.400. The molecule has 2 aromatic rings. The highest BCUT2D eigenvalue weighted by molar-refractivity contribution is 5.94. The van der Waals surface area contributed by atoms with Crippen molar-refractivity contribution in [2.75, 3.05) is 38.2 Å². The molecular weight excluding hydrogens is 332 g/mol. The van der Waals surface area contributed by atoms with E-state index >= 15 is 0 Å². The molecule has 3 rings (SSSR count). The lowest BCUT2D eigenvalue weighted by molar-refractivity contribution is 0.0559. The molecule has 0 unspecified atom stereocenters. The molecule has 0 radical (unpaired) electrons. The number of carbonyl (C=O) groups is 2. The summed E-state index contributed by atoms with van der Waals surface area (Å²) in [6, 6.07) is 9.67. The minimum Gasteiger partial charge on any atom is -0.463 e. The third-order valence-electron chi connectivity index (χ3n) is 4.73. The second-order valence-electron chi connectivity index (χ2n) is 6.58. The van der Waals surface area contributed by atoms with E-state index in [0.717, 1.165) is 48.8 Å². The van der Waals surface area contributed by atoms with Crippen LogP contribution in [-0.2, 0) is 11.3 Å². The molecule has 1 aromatic carbocycles. The Morgan fingerprint density at radius 1 is 1.12 bits per heavy atom. The number of carbonyl (C=O) groups excluding carboxylic acids is 2. The molecular formula is C20H24N2O4. The van der Waals surface area contributed by atoms with Gasteiger partial charge >= 0.3 is 5.97 Å². The Bertz CT molecular complexity index is 787. The van der Waals surface area contributed by atoms with Gasteiger partial charge in [-0.3, -0.25) is 9.69 Å². The predicted molar refractivity (Wildman–Crippen MR) is 98.7 cm³/mol. The third-order valence-corrected chi connectivity index (χ3v) is 4.73. The molecule has 2 heterocycles. The molecule has 1 fully saturated rings.